The first kappa shape index (κ1) is 12.8. The summed E-state index contributed by atoms with van der Waals surface area (Å²) in [5.41, 5.74) is 1.26. The third-order valence-electron chi connectivity index (χ3n) is 2.33. The molecule has 2 nitrogen and oxygen atoms in total. The molecule has 1 radical (unpaired) electrons. The molecule has 87 valence electrons. The third kappa shape index (κ3) is 4.05. The standard InChI is InChI=1S/C14H19O2/c1-4-5-6-12-7-9-13(10-8-12)16-14(15)11(2)3/h7-11H,1,4-6H2,2-3H3. The van der Waals surface area contributed by atoms with Gasteiger partial charge in [-0.25, -0.2) is 0 Å². The molecule has 0 heterocycles. The normalized spacial score (nSPS) is 10.5. The fraction of sp³-hybridized carbons (Fsp3) is 0.429. The smallest absolute Gasteiger partial charge is 0.313 e. The summed E-state index contributed by atoms with van der Waals surface area (Å²) in [5, 5.41) is 0. The Morgan fingerprint density at radius 2 is 1.94 bits per heavy atom. The molecule has 0 aliphatic heterocycles. The molecule has 0 amide bonds. The summed E-state index contributed by atoms with van der Waals surface area (Å²) in [5.74, 6) is 0.341. The van der Waals surface area contributed by atoms with Gasteiger partial charge >= 0.3 is 5.97 Å². The number of unbranched alkanes of at least 4 members (excludes halogenated alkanes) is 1. The molecule has 0 bridgehead atoms. The largest absolute Gasteiger partial charge is 0.426 e. The molecule has 2 heteroatoms. The first-order valence-electron chi connectivity index (χ1n) is 5.73. The van der Waals surface area contributed by atoms with Gasteiger partial charge in [-0.05, 0) is 30.5 Å². The second-order valence-electron chi connectivity index (χ2n) is 4.18. The van der Waals surface area contributed by atoms with Crippen LogP contribution in [-0.4, -0.2) is 5.97 Å². The topological polar surface area (TPSA) is 26.3 Å². The zero-order chi connectivity index (χ0) is 12.0. The Kier molecular flexibility index (Phi) is 5.03. The van der Waals surface area contributed by atoms with Crippen LogP contribution in [0.2, 0.25) is 0 Å². The Balaban J connectivity index is 2.54. The molecule has 0 spiro atoms. The highest BCUT2D eigenvalue weighted by Crippen LogP contribution is 2.15. The van der Waals surface area contributed by atoms with Crippen molar-refractivity contribution < 1.29 is 9.53 Å². The van der Waals surface area contributed by atoms with E-state index >= 15 is 0 Å². The van der Waals surface area contributed by atoms with Crippen LogP contribution in [0.4, 0.5) is 0 Å². The lowest BCUT2D eigenvalue weighted by atomic mass is 10.1. The number of aryl methyl sites for hydroxylation is 1. The molecule has 0 atom stereocenters. The number of esters is 1. The number of ether oxygens (including phenoxy) is 1. The van der Waals surface area contributed by atoms with E-state index in [0.717, 1.165) is 19.3 Å². The van der Waals surface area contributed by atoms with Crippen LogP contribution in [0.15, 0.2) is 24.3 Å². The third-order valence-corrected chi connectivity index (χ3v) is 2.33. The highest BCUT2D eigenvalue weighted by molar-refractivity contribution is 5.74. The summed E-state index contributed by atoms with van der Waals surface area (Å²) >= 11 is 0. The molecule has 1 aromatic rings. The monoisotopic (exact) mass is 219 g/mol. The maximum Gasteiger partial charge on any atom is 0.313 e. The van der Waals surface area contributed by atoms with Gasteiger partial charge in [0.05, 0.1) is 5.92 Å². The van der Waals surface area contributed by atoms with Crippen molar-refractivity contribution in [3.05, 3.63) is 36.8 Å². The second kappa shape index (κ2) is 6.31. The van der Waals surface area contributed by atoms with Gasteiger partial charge in [0.1, 0.15) is 5.75 Å². The van der Waals surface area contributed by atoms with Crippen LogP contribution in [0.1, 0.15) is 32.3 Å². The predicted molar refractivity (Wildman–Crippen MR) is 65.2 cm³/mol. The molecule has 1 rings (SSSR count). The van der Waals surface area contributed by atoms with Gasteiger partial charge in [-0.1, -0.05) is 39.3 Å². The number of carbonyl (C=O) groups excluding carboxylic acids is 1. The van der Waals surface area contributed by atoms with Gasteiger partial charge in [0.25, 0.3) is 0 Å². The maximum absolute atomic E-state index is 11.3. The summed E-state index contributed by atoms with van der Waals surface area (Å²) in [6, 6.07) is 7.69. The first-order chi connectivity index (χ1) is 7.63. The second-order valence-corrected chi connectivity index (χ2v) is 4.18. The van der Waals surface area contributed by atoms with E-state index in [9.17, 15) is 4.79 Å². The van der Waals surface area contributed by atoms with Crippen LogP contribution in [0.3, 0.4) is 0 Å². The lowest BCUT2D eigenvalue weighted by Gasteiger charge is -2.07. The van der Waals surface area contributed by atoms with Gasteiger partial charge < -0.3 is 4.74 Å². The molecule has 0 aliphatic rings. The molecular weight excluding hydrogens is 200 g/mol. The van der Waals surface area contributed by atoms with Gasteiger partial charge in [0, 0.05) is 0 Å². The minimum atomic E-state index is -0.189. The van der Waals surface area contributed by atoms with Crippen molar-refractivity contribution in [1.82, 2.24) is 0 Å². The van der Waals surface area contributed by atoms with Gasteiger partial charge in [0.2, 0.25) is 0 Å². The summed E-state index contributed by atoms with van der Waals surface area (Å²) < 4.78 is 5.18. The minimum absolute atomic E-state index is 0.0918. The van der Waals surface area contributed by atoms with Crippen molar-refractivity contribution in [2.24, 2.45) is 5.92 Å². The predicted octanol–water partition coefficient (Wildman–Crippen LogP) is 3.40. The van der Waals surface area contributed by atoms with Gasteiger partial charge in [0.15, 0.2) is 0 Å². The fourth-order valence-electron chi connectivity index (χ4n) is 1.29. The molecule has 0 saturated heterocycles. The van der Waals surface area contributed by atoms with Crippen molar-refractivity contribution in [3.8, 4) is 5.75 Å². The Bertz CT molecular complexity index is 325. The lowest BCUT2D eigenvalue weighted by molar-refractivity contribution is -0.137. The highest BCUT2D eigenvalue weighted by Gasteiger charge is 2.09. The average molecular weight is 219 g/mol. The number of benzene rings is 1. The van der Waals surface area contributed by atoms with Gasteiger partial charge in [-0.2, -0.15) is 0 Å². The van der Waals surface area contributed by atoms with Crippen molar-refractivity contribution in [1.29, 1.82) is 0 Å². The van der Waals surface area contributed by atoms with Crippen molar-refractivity contribution in [2.75, 3.05) is 0 Å². The van der Waals surface area contributed by atoms with Gasteiger partial charge in [-0.3, -0.25) is 4.79 Å². The van der Waals surface area contributed by atoms with E-state index in [2.05, 4.69) is 6.92 Å². The molecule has 0 fully saturated rings. The summed E-state index contributed by atoms with van der Waals surface area (Å²) in [7, 11) is 0. The molecule has 0 aromatic heterocycles. The van der Waals surface area contributed by atoms with Crippen LogP contribution in [0.25, 0.3) is 0 Å². The SMILES string of the molecule is [CH2]CCCc1ccc(OC(=O)C(C)C)cc1. The van der Waals surface area contributed by atoms with E-state index in [1.165, 1.54) is 5.56 Å². The molecule has 0 N–H and O–H groups in total. The fourth-order valence-corrected chi connectivity index (χ4v) is 1.29. The number of rotatable bonds is 5. The van der Waals surface area contributed by atoms with Crippen molar-refractivity contribution in [2.45, 2.75) is 33.1 Å². The van der Waals surface area contributed by atoms with E-state index in [-0.39, 0.29) is 11.9 Å². The lowest BCUT2D eigenvalue weighted by Crippen LogP contribution is -2.14. The van der Waals surface area contributed by atoms with E-state index < -0.39 is 0 Å². The van der Waals surface area contributed by atoms with Crippen LogP contribution in [0.5, 0.6) is 5.75 Å². The Morgan fingerprint density at radius 3 is 2.44 bits per heavy atom. The zero-order valence-electron chi connectivity index (χ0n) is 10.0. The summed E-state index contributed by atoms with van der Waals surface area (Å²) in [4.78, 5) is 11.3. The minimum Gasteiger partial charge on any atom is -0.426 e. The maximum atomic E-state index is 11.3. The van der Waals surface area contributed by atoms with Crippen LogP contribution in [0, 0.1) is 12.8 Å². The Labute approximate surface area is 97.6 Å². The first-order valence-corrected chi connectivity index (χ1v) is 5.73. The molecule has 16 heavy (non-hydrogen) atoms. The molecule has 0 aliphatic carbocycles. The van der Waals surface area contributed by atoms with Crippen molar-refractivity contribution >= 4 is 5.97 Å². The van der Waals surface area contributed by atoms with E-state index in [0.29, 0.717) is 5.75 Å². The average Bonchev–Trinajstić information content (AvgIpc) is 2.28. The van der Waals surface area contributed by atoms with Crippen LogP contribution < -0.4 is 4.74 Å². The number of hydrogen-bond donors (Lipinski definition) is 0. The molecule has 1 aromatic carbocycles. The summed E-state index contributed by atoms with van der Waals surface area (Å²) in [6.07, 6.45) is 3.07. The van der Waals surface area contributed by atoms with E-state index in [4.69, 9.17) is 4.74 Å². The molecule has 0 unspecified atom stereocenters. The quantitative estimate of drug-likeness (QED) is 0.560. The molecular formula is C14H19O2. The number of hydrogen-bond acceptors (Lipinski definition) is 2. The summed E-state index contributed by atoms with van der Waals surface area (Å²) in [6.45, 7) is 7.46. The van der Waals surface area contributed by atoms with Crippen LogP contribution >= 0.6 is 0 Å². The Hall–Kier alpha value is -1.31. The molecule has 0 saturated carbocycles. The van der Waals surface area contributed by atoms with Crippen molar-refractivity contribution in [3.63, 3.8) is 0 Å². The number of carbonyl (C=O) groups is 1. The highest BCUT2D eigenvalue weighted by atomic mass is 16.5. The van der Waals surface area contributed by atoms with Gasteiger partial charge in [-0.15, -0.1) is 0 Å². The Morgan fingerprint density at radius 1 is 1.31 bits per heavy atom. The van der Waals surface area contributed by atoms with E-state index in [1.807, 2.05) is 38.1 Å². The van der Waals surface area contributed by atoms with Crippen LogP contribution in [-0.2, 0) is 11.2 Å². The van der Waals surface area contributed by atoms with E-state index in [1.54, 1.807) is 0 Å². The zero-order valence-corrected chi connectivity index (χ0v) is 10.0.